The summed E-state index contributed by atoms with van der Waals surface area (Å²) in [6.45, 7) is 3.33. The molecule has 5 aromatic rings. The molecule has 21 nitrogen and oxygen atoms in total. The Morgan fingerprint density at radius 2 is 1.27 bits per heavy atom. The van der Waals surface area contributed by atoms with Gasteiger partial charge in [-0.05, 0) is 116 Å². The number of aromatic amines is 1. The number of phenolic OH excluding ortho intramolecular Hbond substituents is 1. The number of hydrogen-bond donors (Lipinski definition) is 10. The standard InChI is InChI=1S/C59H69F6N9O10S.C2HF3O2/c1-33(2)23-46(53(79)73-48(28-38-30-67-44-14-9-8-13-42(38)44)57(83)84-32-37-24-39(58(60,61)62)29-40(25-37)59(63,64)65)72-55(81)49-15-10-21-74(49)56(82)45(20-22-85-4)71-54(80)47(27-35-11-6-5-7-12-35)70-50(76)31-68-51(77)34(3)69-52(78)43(66)26-36-16-18-41(75)19-17-36;3-2(4,5)1(6)7/h5-9,11-14,16-19,24-25,29-30,33-34,43,45-49,67,75H,10,15,20-23,26-28,31-32,66H2,1-4H3,(H,68,77)(H,69,78)(H,70,76)(H,71,80)(H,72,81)(H,73,79);(H,6,7)/t34-,43+,45+,46+,47+,48+,49+;/m1./s1. The van der Waals surface area contributed by atoms with E-state index in [9.17, 15) is 83.0 Å². The Morgan fingerprint density at radius 3 is 1.87 bits per heavy atom. The highest BCUT2D eigenvalue weighted by atomic mass is 32.2. The van der Waals surface area contributed by atoms with E-state index in [1.54, 1.807) is 93.0 Å². The number of carboxylic acid groups (broad SMARTS) is 1. The molecule has 2 heterocycles. The molecule has 1 fully saturated rings. The molecule has 4 aromatic carbocycles. The first-order chi connectivity index (χ1) is 43.1. The van der Waals surface area contributed by atoms with Gasteiger partial charge in [0, 0.05) is 36.5 Å². The molecule has 11 N–H and O–H groups in total. The number of likely N-dealkylation sites (tertiary alicyclic amines) is 1. The lowest BCUT2D eigenvalue weighted by Crippen LogP contribution is -2.59. The first-order valence-corrected chi connectivity index (χ1v) is 30.0. The summed E-state index contributed by atoms with van der Waals surface area (Å²) in [4.78, 5) is 124. The number of alkyl halides is 9. The fourth-order valence-corrected chi connectivity index (χ4v) is 10.0. The number of ether oxygens (including phenoxy) is 1. The molecule has 92 heavy (non-hydrogen) atoms. The van der Waals surface area contributed by atoms with Crippen molar-refractivity contribution in [1.29, 1.82) is 0 Å². The number of benzene rings is 4. The van der Waals surface area contributed by atoms with Crippen LogP contribution in [0.1, 0.15) is 79.8 Å². The van der Waals surface area contributed by atoms with E-state index in [1.165, 1.54) is 35.7 Å². The number of aliphatic carboxylic acids is 1. The van der Waals surface area contributed by atoms with Crippen molar-refractivity contribution < 1.29 is 97.6 Å². The molecule has 7 amide bonds. The minimum absolute atomic E-state index is 0.00450. The summed E-state index contributed by atoms with van der Waals surface area (Å²) >= 11 is 1.38. The van der Waals surface area contributed by atoms with Crippen LogP contribution in [0.3, 0.4) is 0 Å². The second kappa shape index (κ2) is 33.4. The number of rotatable bonds is 27. The molecule has 0 aliphatic carbocycles. The van der Waals surface area contributed by atoms with E-state index < -0.39 is 144 Å². The van der Waals surface area contributed by atoms with Gasteiger partial charge in [-0.15, -0.1) is 0 Å². The van der Waals surface area contributed by atoms with Crippen molar-refractivity contribution in [2.45, 2.75) is 133 Å². The number of nitrogens with one attached hydrogen (secondary N) is 7. The lowest BCUT2D eigenvalue weighted by atomic mass is 10.0. The summed E-state index contributed by atoms with van der Waals surface area (Å²) in [5, 5.41) is 33.0. The molecular formula is C61H70F9N9O12S. The maximum Gasteiger partial charge on any atom is 0.490 e. The second-order valence-corrected chi connectivity index (χ2v) is 22.9. The van der Waals surface area contributed by atoms with Gasteiger partial charge in [0.2, 0.25) is 41.4 Å². The summed E-state index contributed by atoms with van der Waals surface area (Å²) in [5.74, 6) is -9.02. The van der Waals surface area contributed by atoms with Gasteiger partial charge < -0.3 is 62.5 Å². The van der Waals surface area contributed by atoms with Crippen LogP contribution in [0.5, 0.6) is 5.75 Å². The van der Waals surface area contributed by atoms with Gasteiger partial charge in [0.1, 0.15) is 48.6 Å². The normalized spacial score (nSPS) is 15.3. The highest BCUT2D eigenvalue weighted by Crippen LogP contribution is 2.37. The van der Waals surface area contributed by atoms with Crippen LogP contribution >= 0.6 is 11.8 Å². The van der Waals surface area contributed by atoms with Crippen molar-refractivity contribution >= 4 is 76.0 Å². The number of carbonyl (C=O) groups is 9. The number of esters is 1. The Kier molecular flexibility index (Phi) is 26.9. The van der Waals surface area contributed by atoms with E-state index in [-0.39, 0.29) is 62.8 Å². The smallest absolute Gasteiger partial charge is 0.490 e. The van der Waals surface area contributed by atoms with Crippen LogP contribution in [-0.2, 0) is 86.1 Å². The minimum atomic E-state index is -5.17. The fourth-order valence-electron chi connectivity index (χ4n) is 9.57. The predicted molar refractivity (Wildman–Crippen MR) is 317 cm³/mol. The first-order valence-electron chi connectivity index (χ1n) is 28.6. The van der Waals surface area contributed by atoms with Gasteiger partial charge in [-0.3, -0.25) is 33.6 Å². The number of phenols is 1. The van der Waals surface area contributed by atoms with Gasteiger partial charge in [-0.25, -0.2) is 9.59 Å². The molecule has 500 valence electrons. The van der Waals surface area contributed by atoms with Crippen molar-refractivity contribution in [1.82, 2.24) is 41.8 Å². The van der Waals surface area contributed by atoms with Crippen LogP contribution in [-0.4, -0.2) is 147 Å². The molecule has 0 radical (unpaired) electrons. The van der Waals surface area contributed by atoms with Gasteiger partial charge >= 0.3 is 30.5 Å². The zero-order chi connectivity index (χ0) is 68.3. The number of para-hydroxylation sites is 1. The molecular weight excluding hydrogens is 1250 g/mol. The Labute approximate surface area is 525 Å². The number of aromatic hydroxyl groups is 1. The highest BCUT2D eigenvalue weighted by Gasteiger charge is 2.42. The van der Waals surface area contributed by atoms with Crippen LogP contribution in [0.2, 0.25) is 0 Å². The van der Waals surface area contributed by atoms with Gasteiger partial charge in [-0.2, -0.15) is 51.3 Å². The van der Waals surface area contributed by atoms with Gasteiger partial charge in [0.05, 0.1) is 23.7 Å². The third-order valence-electron chi connectivity index (χ3n) is 14.2. The van der Waals surface area contributed by atoms with Crippen LogP contribution in [0, 0.1) is 5.92 Å². The lowest BCUT2D eigenvalue weighted by molar-refractivity contribution is -0.192. The van der Waals surface area contributed by atoms with Crippen molar-refractivity contribution in [3.8, 4) is 5.75 Å². The number of H-pyrrole nitrogens is 1. The van der Waals surface area contributed by atoms with Crippen molar-refractivity contribution in [2.24, 2.45) is 11.7 Å². The first kappa shape index (κ1) is 73.9. The third-order valence-corrected chi connectivity index (χ3v) is 14.9. The quantitative estimate of drug-likeness (QED) is 0.0213. The Morgan fingerprint density at radius 1 is 0.685 bits per heavy atom. The molecule has 1 aromatic heterocycles. The summed E-state index contributed by atoms with van der Waals surface area (Å²) in [6.07, 6.45) is -11.7. The second-order valence-electron chi connectivity index (χ2n) is 21.9. The van der Waals surface area contributed by atoms with Crippen LogP contribution in [0.25, 0.3) is 10.9 Å². The summed E-state index contributed by atoms with van der Waals surface area (Å²) in [5.41, 5.74) is 4.63. The molecule has 7 atom stereocenters. The Hall–Kier alpha value is -8.87. The van der Waals surface area contributed by atoms with E-state index in [1.807, 2.05) is 0 Å². The maximum absolute atomic E-state index is 14.6. The summed E-state index contributed by atoms with van der Waals surface area (Å²) in [6, 6.07) is 13.6. The average molecular weight is 1320 g/mol. The monoisotopic (exact) mass is 1320 g/mol. The topological polar surface area (TPSA) is 321 Å². The molecule has 1 aliphatic rings. The van der Waals surface area contributed by atoms with E-state index in [0.29, 0.717) is 51.9 Å². The third kappa shape index (κ3) is 22.8. The van der Waals surface area contributed by atoms with Crippen molar-refractivity contribution in [2.75, 3.05) is 25.1 Å². The zero-order valence-electron chi connectivity index (χ0n) is 50.0. The van der Waals surface area contributed by atoms with Gasteiger partial charge in [0.15, 0.2) is 0 Å². The number of halogens is 9. The molecule has 0 saturated carbocycles. The number of fused-ring (bicyclic) bond motifs is 1. The highest BCUT2D eigenvalue weighted by molar-refractivity contribution is 7.98. The fraction of sp³-hybridized carbons (Fsp3) is 0.426. The number of amides is 7. The number of carbonyl (C=O) groups excluding carboxylic acids is 8. The molecule has 0 spiro atoms. The van der Waals surface area contributed by atoms with Crippen molar-refractivity contribution in [3.05, 3.63) is 137 Å². The average Bonchev–Trinajstić information content (AvgIpc) is 1.55. The number of thioether (sulfide) groups is 1. The van der Waals surface area contributed by atoms with Crippen LogP contribution in [0.4, 0.5) is 39.5 Å². The number of nitrogens with two attached hydrogens (primary N) is 1. The molecule has 0 unspecified atom stereocenters. The molecule has 1 aliphatic heterocycles. The van der Waals surface area contributed by atoms with E-state index >= 15 is 0 Å². The summed E-state index contributed by atoms with van der Waals surface area (Å²) < 4.78 is 119. The van der Waals surface area contributed by atoms with E-state index in [0.717, 1.165) is 0 Å². The van der Waals surface area contributed by atoms with E-state index in [2.05, 4.69) is 36.9 Å². The number of aromatic nitrogens is 1. The Balaban J connectivity index is 0.00000207. The van der Waals surface area contributed by atoms with Gasteiger partial charge in [-0.1, -0.05) is 74.5 Å². The summed E-state index contributed by atoms with van der Waals surface area (Å²) in [7, 11) is 0. The number of hydrogen-bond acceptors (Lipinski definition) is 13. The minimum Gasteiger partial charge on any atom is -0.508 e. The zero-order valence-corrected chi connectivity index (χ0v) is 50.8. The largest absolute Gasteiger partial charge is 0.508 e. The van der Waals surface area contributed by atoms with Gasteiger partial charge in [0.25, 0.3) is 0 Å². The number of nitrogens with zero attached hydrogens (tertiary/aromatic N) is 1. The molecule has 6 rings (SSSR count). The Bertz CT molecular complexity index is 3340. The van der Waals surface area contributed by atoms with Crippen molar-refractivity contribution in [3.63, 3.8) is 0 Å². The molecule has 1 saturated heterocycles. The van der Waals surface area contributed by atoms with E-state index in [4.69, 9.17) is 20.4 Å². The SMILES string of the molecule is CSCC[C@H](NC(=O)[C@H](Cc1ccccc1)NC(=O)CNC(=O)[C@@H](C)NC(=O)[C@@H](N)Cc1ccc(O)cc1)C(=O)N1CCC[C@H]1C(=O)N[C@@H](CC(C)C)C(=O)N[C@@H](Cc1c[nH]c2ccccc12)C(=O)OCc1cc(C(F)(F)F)cc(C(F)(F)F)c1.O=C(O)C(F)(F)F. The maximum atomic E-state index is 14.6. The molecule has 31 heteroatoms. The van der Waals surface area contributed by atoms with Crippen LogP contribution in [0.15, 0.2) is 103 Å². The molecule has 0 bridgehead atoms. The predicted octanol–water partition coefficient (Wildman–Crippen LogP) is 5.99. The lowest BCUT2D eigenvalue weighted by Gasteiger charge is -2.31. The van der Waals surface area contributed by atoms with Crippen LogP contribution < -0.4 is 37.6 Å². The number of carboxylic acids is 1.